The number of rotatable bonds is 8. The van der Waals surface area contributed by atoms with E-state index in [9.17, 15) is 18.0 Å². The van der Waals surface area contributed by atoms with Crippen molar-refractivity contribution in [1.29, 1.82) is 0 Å². The molecule has 1 rings (SSSR count). The third-order valence-electron chi connectivity index (χ3n) is 3.43. The van der Waals surface area contributed by atoms with Gasteiger partial charge in [0.25, 0.3) is 5.25 Å². The summed E-state index contributed by atoms with van der Waals surface area (Å²) in [5, 5.41) is -0.946. The first-order valence-corrected chi connectivity index (χ1v) is 8.66. The summed E-state index contributed by atoms with van der Waals surface area (Å²) < 4.78 is 45.0. The van der Waals surface area contributed by atoms with Gasteiger partial charge in [0, 0.05) is 6.07 Å². The number of nitrogens with one attached hydrogen (secondary N) is 1. The molecule has 0 aromatic heterocycles. The molecule has 0 aliphatic carbocycles. The number of carbonyl (C=O) groups excluding carboxylic acids is 2. The summed E-state index contributed by atoms with van der Waals surface area (Å²) in [6.45, 7) is 0. The molecule has 0 saturated heterocycles. The van der Waals surface area contributed by atoms with Crippen LogP contribution in [-0.4, -0.2) is 61.1 Å². The number of benzene rings is 1. The molecule has 1 atom stereocenters. The van der Waals surface area contributed by atoms with Crippen molar-refractivity contribution in [2.75, 3.05) is 35.5 Å². The Balaban J connectivity index is 3.50. The van der Waals surface area contributed by atoms with Crippen LogP contribution in [-0.2, 0) is 28.9 Å². The van der Waals surface area contributed by atoms with Gasteiger partial charge in [-0.1, -0.05) is 0 Å². The van der Waals surface area contributed by atoms with Gasteiger partial charge in [0.1, 0.15) is 16.9 Å². The fraction of sp³-hybridized carbons (Fsp3) is 0.467. The van der Waals surface area contributed by atoms with Gasteiger partial charge in [-0.25, -0.2) is 8.42 Å². The minimum atomic E-state index is -4.41. The minimum absolute atomic E-state index is 0.219. The van der Waals surface area contributed by atoms with Crippen molar-refractivity contribution in [1.82, 2.24) is 5.32 Å². The van der Waals surface area contributed by atoms with E-state index in [2.05, 4.69) is 14.8 Å². The molecule has 0 radical (unpaired) electrons. The molecule has 1 N–H and O–H groups in total. The second-order valence-electron chi connectivity index (χ2n) is 4.83. The van der Waals surface area contributed by atoms with E-state index in [1.165, 1.54) is 33.4 Å². The first-order valence-electron chi connectivity index (χ1n) is 7.05. The zero-order valence-corrected chi connectivity index (χ0v) is 15.4. The van der Waals surface area contributed by atoms with E-state index in [1.807, 2.05) is 0 Å². The van der Waals surface area contributed by atoms with E-state index in [0.717, 1.165) is 14.2 Å². The maximum absolute atomic E-state index is 12.9. The molecule has 0 spiro atoms. The molecule has 0 fully saturated rings. The average Bonchev–Trinajstić information content (AvgIpc) is 2.60. The summed E-state index contributed by atoms with van der Waals surface area (Å²) in [5.74, 6) is -1.78. The number of carbonyl (C=O) groups is 2. The summed E-state index contributed by atoms with van der Waals surface area (Å²) in [5.41, 5.74) is 0.219. The molecule has 0 bridgehead atoms. The first kappa shape index (κ1) is 20.7. The number of hydrogen-bond acceptors (Lipinski definition) is 9. The molecule has 0 aliphatic heterocycles. The lowest BCUT2D eigenvalue weighted by Gasteiger charge is -2.22. The van der Waals surface area contributed by atoms with Gasteiger partial charge in [0.2, 0.25) is 0 Å². The van der Waals surface area contributed by atoms with Crippen LogP contribution >= 0.6 is 0 Å². The molecule has 0 amide bonds. The van der Waals surface area contributed by atoms with E-state index in [-0.39, 0.29) is 5.56 Å². The van der Waals surface area contributed by atoms with E-state index in [1.54, 1.807) is 6.07 Å². The SMILES string of the molecule is CNC(c1cc(OC)cc(OC)c1)S(=O)(=O)C(C(=O)OC)C(=O)OC. The van der Waals surface area contributed by atoms with E-state index in [4.69, 9.17) is 9.47 Å². The standard InChI is InChI=1S/C15H21NO8S/c1-16-13(9-6-10(21-2)8-11(7-9)22-3)25(19,20)12(14(17)23-4)15(18)24-5/h6-8,12-13,16H,1-5H3. The van der Waals surface area contributed by atoms with Crippen molar-refractivity contribution >= 4 is 21.8 Å². The lowest BCUT2D eigenvalue weighted by atomic mass is 10.2. The molecular formula is C15H21NO8S. The third-order valence-corrected chi connectivity index (χ3v) is 5.63. The molecule has 10 heteroatoms. The number of hydrogen-bond donors (Lipinski definition) is 1. The molecule has 1 unspecified atom stereocenters. The highest BCUT2D eigenvalue weighted by molar-refractivity contribution is 7.93. The van der Waals surface area contributed by atoms with Gasteiger partial charge in [0.05, 0.1) is 28.4 Å². The normalized spacial score (nSPS) is 12.4. The van der Waals surface area contributed by atoms with Crippen LogP contribution in [0.5, 0.6) is 11.5 Å². The zero-order chi connectivity index (χ0) is 19.2. The Morgan fingerprint density at radius 2 is 1.36 bits per heavy atom. The predicted molar refractivity (Wildman–Crippen MR) is 88.1 cm³/mol. The van der Waals surface area contributed by atoms with Crippen LogP contribution in [0.1, 0.15) is 10.9 Å². The summed E-state index contributed by atoms with van der Waals surface area (Å²) in [6, 6.07) is 4.46. The molecule has 25 heavy (non-hydrogen) atoms. The van der Waals surface area contributed by atoms with Crippen molar-refractivity contribution in [2.45, 2.75) is 10.6 Å². The highest BCUT2D eigenvalue weighted by atomic mass is 32.2. The van der Waals surface area contributed by atoms with Crippen LogP contribution < -0.4 is 14.8 Å². The molecule has 1 aromatic rings. The van der Waals surface area contributed by atoms with Gasteiger partial charge in [-0.2, -0.15) is 0 Å². The van der Waals surface area contributed by atoms with Crippen molar-refractivity contribution in [3.8, 4) is 11.5 Å². The Hall–Kier alpha value is -2.33. The van der Waals surface area contributed by atoms with Crippen molar-refractivity contribution < 1.29 is 37.0 Å². The number of esters is 2. The predicted octanol–water partition coefficient (Wildman–Crippen LogP) is 0.0512. The Labute approximate surface area is 146 Å². The van der Waals surface area contributed by atoms with Crippen LogP contribution in [0.3, 0.4) is 0 Å². The quantitative estimate of drug-likeness (QED) is 0.497. The molecule has 0 aliphatic rings. The topological polar surface area (TPSA) is 117 Å². The molecule has 9 nitrogen and oxygen atoms in total. The van der Waals surface area contributed by atoms with Gasteiger partial charge in [-0.15, -0.1) is 0 Å². The van der Waals surface area contributed by atoms with Crippen molar-refractivity contribution in [3.63, 3.8) is 0 Å². The van der Waals surface area contributed by atoms with Crippen LogP contribution in [0.15, 0.2) is 18.2 Å². The van der Waals surface area contributed by atoms with Crippen LogP contribution in [0.2, 0.25) is 0 Å². The largest absolute Gasteiger partial charge is 0.497 e. The smallest absolute Gasteiger partial charge is 0.335 e. The summed E-state index contributed by atoms with van der Waals surface area (Å²) in [7, 11) is 1.75. The summed E-state index contributed by atoms with van der Waals surface area (Å²) in [4.78, 5) is 23.8. The number of methoxy groups -OCH3 is 4. The highest BCUT2D eigenvalue weighted by Crippen LogP contribution is 2.31. The fourth-order valence-corrected chi connectivity index (χ4v) is 4.06. The van der Waals surface area contributed by atoms with Crippen molar-refractivity contribution in [3.05, 3.63) is 23.8 Å². The fourth-order valence-electron chi connectivity index (χ4n) is 2.22. The maximum atomic E-state index is 12.9. The molecule has 0 heterocycles. The molecular weight excluding hydrogens is 354 g/mol. The zero-order valence-electron chi connectivity index (χ0n) is 14.6. The maximum Gasteiger partial charge on any atom is 0.335 e. The van der Waals surface area contributed by atoms with Crippen LogP contribution in [0.25, 0.3) is 0 Å². The Morgan fingerprint density at radius 3 is 1.68 bits per heavy atom. The molecule has 140 valence electrons. The minimum Gasteiger partial charge on any atom is -0.497 e. The third kappa shape index (κ3) is 4.40. The van der Waals surface area contributed by atoms with Crippen LogP contribution in [0, 0.1) is 0 Å². The Morgan fingerprint density at radius 1 is 0.920 bits per heavy atom. The van der Waals surface area contributed by atoms with Gasteiger partial charge >= 0.3 is 11.9 Å². The monoisotopic (exact) mass is 375 g/mol. The molecule has 1 aromatic carbocycles. The van der Waals surface area contributed by atoms with Gasteiger partial charge in [-0.05, 0) is 24.7 Å². The van der Waals surface area contributed by atoms with Gasteiger partial charge < -0.3 is 24.3 Å². The first-order chi connectivity index (χ1) is 11.8. The van der Waals surface area contributed by atoms with Crippen molar-refractivity contribution in [2.24, 2.45) is 0 Å². The second-order valence-corrected chi connectivity index (χ2v) is 6.95. The number of ether oxygens (including phenoxy) is 4. The average molecular weight is 375 g/mol. The second kappa shape index (κ2) is 8.67. The number of sulfone groups is 1. The van der Waals surface area contributed by atoms with E-state index in [0.29, 0.717) is 11.5 Å². The summed E-state index contributed by atoms with van der Waals surface area (Å²) in [6.07, 6.45) is 0. The van der Waals surface area contributed by atoms with Gasteiger partial charge in [-0.3, -0.25) is 9.59 Å². The van der Waals surface area contributed by atoms with E-state index >= 15 is 0 Å². The van der Waals surface area contributed by atoms with Gasteiger partial charge in [0.15, 0.2) is 9.84 Å². The Kier molecular flexibility index (Phi) is 7.19. The lowest BCUT2D eigenvalue weighted by molar-refractivity contribution is -0.150. The molecule has 0 saturated carbocycles. The van der Waals surface area contributed by atoms with E-state index < -0.39 is 32.4 Å². The Bertz CT molecular complexity index is 693. The summed E-state index contributed by atoms with van der Waals surface area (Å²) >= 11 is 0. The van der Waals surface area contributed by atoms with Crippen LogP contribution in [0.4, 0.5) is 0 Å². The highest BCUT2D eigenvalue weighted by Gasteiger charge is 2.46. The lowest BCUT2D eigenvalue weighted by Crippen LogP contribution is -2.44.